The normalized spacial score (nSPS) is 12.1. The Morgan fingerprint density at radius 2 is 1.92 bits per heavy atom. The molecule has 0 amide bonds. The number of hydrogen-bond donors (Lipinski definition) is 2. The number of aryl methyl sites for hydroxylation is 1. The van der Waals surface area contributed by atoms with E-state index in [9.17, 15) is 4.79 Å². The summed E-state index contributed by atoms with van der Waals surface area (Å²) < 4.78 is 7.45. The molecule has 0 atom stereocenters. The quantitative estimate of drug-likeness (QED) is 0.165. The summed E-state index contributed by atoms with van der Waals surface area (Å²) in [4.78, 5) is 14.9. The van der Waals surface area contributed by atoms with Crippen molar-refractivity contribution in [3.63, 3.8) is 0 Å². The maximum atomic E-state index is 10.5. The molecule has 2 aromatic rings. The first-order valence-electron chi connectivity index (χ1n) is 12.0. The second kappa shape index (κ2) is 18.1. The van der Waals surface area contributed by atoms with Gasteiger partial charge in [-0.1, -0.05) is 76.6 Å². The number of carboxylic acids is 1. The van der Waals surface area contributed by atoms with E-state index in [1.807, 2.05) is 45.3 Å². The molecular formula is C29H42ClN3O3. The molecule has 1 aromatic carbocycles. The number of nitrogens with one attached hydrogen (secondary N) is 1. The van der Waals surface area contributed by atoms with Crippen LogP contribution in [-0.2, 0) is 16.6 Å². The van der Waals surface area contributed by atoms with Crippen molar-refractivity contribution in [2.75, 3.05) is 13.1 Å². The Labute approximate surface area is 221 Å². The minimum Gasteiger partial charge on any atom is -0.481 e. The zero-order valence-corrected chi connectivity index (χ0v) is 23.5. The Kier molecular flexibility index (Phi) is 16.4. The molecule has 0 aliphatic rings. The van der Waals surface area contributed by atoms with Gasteiger partial charge < -0.3 is 19.7 Å². The molecule has 36 heavy (non-hydrogen) atoms. The molecule has 1 heterocycles. The van der Waals surface area contributed by atoms with Crippen molar-refractivity contribution < 1.29 is 14.6 Å². The molecule has 0 aliphatic heterocycles. The van der Waals surface area contributed by atoms with Crippen LogP contribution in [0.3, 0.4) is 0 Å². The molecule has 0 aliphatic carbocycles. The summed E-state index contributed by atoms with van der Waals surface area (Å²) in [6.45, 7) is 16.6. The number of carbonyl (C=O) groups is 1. The fourth-order valence-electron chi connectivity index (χ4n) is 2.40. The monoisotopic (exact) mass is 515 g/mol. The van der Waals surface area contributed by atoms with Gasteiger partial charge in [-0.25, -0.2) is 4.99 Å². The highest BCUT2D eigenvalue weighted by atomic mass is 35.5. The van der Waals surface area contributed by atoms with Crippen LogP contribution in [0.25, 0.3) is 17.0 Å². The largest absolute Gasteiger partial charge is 0.481 e. The number of nitrogens with zero attached hydrogens (tertiary/aromatic N) is 2. The predicted octanol–water partition coefficient (Wildman–Crippen LogP) is 7.53. The summed E-state index contributed by atoms with van der Waals surface area (Å²) in [6.07, 6.45) is 12.3. The Hall–Kier alpha value is -3.25. The number of fused-ring (bicyclic) bond motifs is 1. The van der Waals surface area contributed by atoms with Gasteiger partial charge in [0.05, 0.1) is 19.2 Å². The molecule has 0 spiro atoms. The highest BCUT2D eigenvalue weighted by Crippen LogP contribution is 2.17. The van der Waals surface area contributed by atoms with Crippen LogP contribution in [0.2, 0.25) is 0 Å². The third kappa shape index (κ3) is 15.6. The van der Waals surface area contributed by atoms with E-state index in [-0.39, 0.29) is 6.42 Å². The Morgan fingerprint density at radius 3 is 2.50 bits per heavy atom. The van der Waals surface area contributed by atoms with Crippen LogP contribution in [0.5, 0.6) is 0 Å². The summed E-state index contributed by atoms with van der Waals surface area (Å²) in [5.41, 5.74) is 2.58. The van der Waals surface area contributed by atoms with E-state index in [1.165, 1.54) is 23.2 Å². The van der Waals surface area contributed by atoms with Crippen LogP contribution in [0.15, 0.2) is 77.6 Å². The predicted molar refractivity (Wildman–Crippen MR) is 155 cm³/mol. The van der Waals surface area contributed by atoms with E-state index < -0.39 is 5.97 Å². The lowest BCUT2D eigenvalue weighted by Gasteiger charge is -2.08. The molecule has 0 saturated heterocycles. The van der Waals surface area contributed by atoms with Crippen molar-refractivity contribution in [1.29, 1.82) is 0 Å². The first-order chi connectivity index (χ1) is 17.0. The van der Waals surface area contributed by atoms with Crippen molar-refractivity contribution in [2.45, 2.75) is 48.0 Å². The van der Waals surface area contributed by atoms with Crippen molar-refractivity contribution in [3.05, 3.63) is 78.2 Å². The van der Waals surface area contributed by atoms with Gasteiger partial charge >= 0.3 is 5.97 Å². The maximum absolute atomic E-state index is 10.5. The number of aliphatic imine (C=N–C) groups is 1. The second-order valence-corrected chi connectivity index (χ2v) is 9.22. The molecule has 6 nitrogen and oxygen atoms in total. The maximum Gasteiger partial charge on any atom is 0.307 e. The lowest BCUT2D eigenvalue weighted by molar-refractivity contribution is -0.136. The molecule has 198 valence electrons. The van der Waals surface area contributed by atoms with Crippen molar-refractivity contribution in [3.8, 4) is 0 Å². The number of aromatic nitrogens is 1. The number of benzene rings is 1. The average Bonchev–Trinajstić information content (AvgIpc) is 3.20. The fourth-order valence-corrected chi connectivity index (χ4v) is 2.48. The third-order valence-corrected chi connectivity index (χ3v) is 4.53. The second-order valence-electron chi connectivity index (χ2n) is 8.62. The van der Waals surface area contributed by atoms with Gasteiger partial charge in [0.2, 0.25) is 0 Å². The van der Waals surface area contributed by atoms with Crippen LogP contribution < -0.4 is 5.32 Å². The van der Waals surface area contributed by atoms with Crippen molar-refractivity contribution in [2.24, 2.45) is 17.5 Å². The Balaban J connectivity index is 0.00000134. The van der Waals surface area contributed by atoms with Gasteiger partial charge in [-0.2, -0.15) is 0 Å². The lowest BCUT2D eigenvalue weighted by Crippen LogP contribution is -2.25. The summed E-state index contributed by atoms with van der Waals surface area (Å²) in [6, 6.07) is 8.63. The van der Waals surface area contributed by atoms with Gasteiger partial charge in [0.1, 0.15) is 0 Å². The standard InChI is InChI=1S/C21H24ClN3O3.C6H12.C2H6/c1-16(22)9-12-24-21(28-14-4-6-20(26)27)23-11-3-5-17-7-8-19-18(15-17)10-13-25(19)2;1-5-6(2,3)4;1-2/h3-5,7-10,13-15H,6,11-12H2,1-2H3,(H,23,24)(H,26,27);5H,1H2,2-4H3;1-2H3/b5-3+,14-4+,16-9+;;. The van der Waals surface area contributed by atoms with Gasteiger partial charge in [-0.3, -0.25) is 4.79 Å². The molecule has 0 fully saturated rings. The van der Waals surface area contributed by atoms with Gasteiger partial charge in [0, 0.05) is 35.7 Å². The van der Waals surface area contributed by atoms with E-state index in [4.69, 9.17) is 21.4 Å². The molecule has 0 unspecified atom stereocenters. The van der Waals surface area contributed by atoms with Crippen LogP contribution in [0.1, 0.15) is 53.5 Å². The van der Waals surface area contributed by atoms with Crippen LogP contribution >= 0.6 is 11.6 Å². The molecule has 7 heteroatoms. The van der Waals surface area contributed by atoms with Gasteiger partial charge in [-0.05, 0) is 42.2 Å². The smallest absolute Gasteiger partial charge is 0.307 e. The fraction of sp³-hybridized carbons (Fsp3) is 0.379. The highest BCUT2D eigenvalue weighted by Gasteiger charge is 2.00. The van der Waals surface area contributed by atoms with Crippen molar-refractivity contribution in [1.82, 2.24) is 9.88 Å². The molecule has 2 N–H and O–H groups in total. The molecule has 0 radical (unpaired) electrons. The van der Waals surface area contributed by atoms with Crippen LogP contribution in [-0.4, -0.2) is 34.8 Å². The Bertz CT molecular complexity index is 1050. The van der Waals surface area contributed by atoms with E-state index in [0.717, 1.165) is 5.56 Å². The van der Waals surface area contributed by atoms with Crippen LogP contribution in [0, 0.1) is 5.41 Å². The number of rotatable bonds is 8. The average molecular weight is 516 g/mol. The number of halogens is 1. The first kappa shape index (κ1) is 32.8. The number of hydrogen-bond acceptors (Lipinski definition) is 3. The Morgan fingerprint density at radius 1 is 1.25 bits per heavy atom. The lowest BCUT2D eigenvalue weighted by atomic mass is 9.98. The molecule has 0 saturated carbocycles. The minimum atomic E-state index is -0.926. The van der Waals surface area contributed by atoms with Gasteiger partial charge in [-0.15, -0.1) is 6.58 Å². The summed E-state index contributed by atoms with van der Waals surface area (Å²) >= 11 is 5.81. The zero-order chi connectivity index (χ0) is 27.6. The highest BCUT2D eigenvalue weighted by molar-refractivity contribution is 6.29. The van der Waals surface area contributed by atoms with Crippen molar-refractivity contribution >= 4 is 40.6 Å². The zero-order valence-electron chi connectivity index (χ0n) is 22.7. The number of aliphatic carboxylic acids is 1. The van der Waals surface area contributed by atoms with E-state index in [1.54, 1.807) is 13.0 Å². The SMILES string of the molecule is C/C(Cl)=C\CNC(=NC/C=C/c1ccc2c(ccn2C)c1)O/C=C/CC(=O)O.C=CC(C)(C)C.CC. The third-order valence-electron chi connectivity index (χ3n) is 4.38. The van der Waals surface area contributed by atoms with Gasteiger partial charge in [0.15, 0.2) is 0 Å². The minimum absolute atomic E-state index is 0.115. The number of ether oxygens (including phenoxy) is 1. The number of allylic oxidation sites excluding steroid dienone is 2. The van der Waals surface area contributed by atoms with E-state index in [0.29, 0.717) is 29.6 Å². The molecule has 0 bridgehead atoms. The summed E-state index contributed by atoms with van der Waals surface area (Å²) in [5.74, 6) is -0.926. The number of amidine groups is 1. The topological polar surface area (TPSA) is 75.8 Å². The number of carboxylic acid groups (broad SMARTS) is 1. The summed E-state index contributed by atoms with van der Waals surface area (Å²) in [5, 5.41) is 13.5. The first-order valence-corrected chi connectivity index (χ1v) is 12.4. The molecule has 2 rings (SSSR count). The molecular weight excluding hydrogens is 474 g/mol. The van der Waals surface area contributed by atoms with E-state index >= 15 is 0 Å². The van der Waals surface area contributed by atoms with E-state index in [2.05, 4.69) is 66.5 Å². The van der Waals surface area contributed by atoms with Gasteiger partial charge in [0.25, 0.3) is 6.02 Å². The summed E-state index contributed by atoms with van der Waals surface area (Å²) in [7, 11) is 2.02. The van der Waals surface area contributed by atoms with Crippen LogP contribution in [0.4, 0.5) is 0 Å². The molecule has 1 aromatic heterocycles.